The molecular formula is C20H23NO3. The molecule has 0 fully saturated rings. The maximum Gasteiger partial charge on any atom is 0.265 e. The quantitative estimate of drug-likeness (QED) is 0.857. The highest BCUT2D eigenvalue weighted by Crippen LogP contribution is 2.36. The van der Waals surface area contributed by atoms with Gasteiger partial charge in [-0.05, 0) is 50.1 Å². The monoisotopic (exact) mass is 325 g/mol. The van der Waals surface area contributed by atoms with E-state index < -0.39 is 5.60 Å². The van der Waals surface area contributed by atoms with E-state index in [9.17, 15) is 4.79 Å². The second kappa shape index (κ2) is 6.56. The van der Waals surface area contributed by atoms with E-state index in [2.05, 4.69) is 13.0 Å². The van der Waals surface area contributed by atoms with E-state index in [1.807, 2.05) is 56.3 Å². The van der Waals surface area contributed by atoms with Gasteiger partial charge in [0.2, 0.25) is 0 Å². The molecule has 24 heavy (non-hydrogen) atoms. The van der Waals surface area contributed by atoms with Crippen molar-refractivity contribution in [1.82, 2.24) is 0 Å². The van der Waals surface area contributed by atoms with Crippen LogP contribution in [0.3, 0.4) is 0 Å². The number of hydrogen-bond acceptors (Lipinski definition) is 3. The Hall–Kier alpha value is -2.49. The first-order valence-corrected chi connectivity index (χ1v) is 8.29. The number of nitrogens with zero attached hydrogens (tertiary/aromatic N) is 1. The number of aryl methyl sites for hydroxylation is 1. The van der Waals surface area contributed by atoms with Gasteiger partial charge in [-0.25, -0.2) is 0 Å². The van der Waals surface area contributed by atoms with Crippen LogP contribution in [0.1, 0.15) is 26.3 Å². The molecular weight excluding hydrogens is 302 g/mol. The molecule has 4 nitrogen and oxygen atoms in total. The molecule has 0 N–H and O–H groups in total. The van der Waals surface area contributed by atoms with E-state index in [4.69, 9.17) is 9.47 Å². The Morgan fingerprint density at radius 3 is 2.79 bits per heavy atom. The van der Waals surface area contributed by atoms with E-state index in [1.165, 1.54) is 5.56 Å². The van der Waals surface area contributed by atoms with Gasteiger partial charge in [0.1, 0.15) is 17.1 Å². The highest BCUT2D eigenvalue weighted by molar-refractivity contribution is 5.96. The first-order valence-electron chi connectivity index (χ1n) is 8.29. The number of carbonyl (C=O) groups excluding carboxylic acids is 1. The molecule has 0 saturated heterocycles. The van der Waals surface area contributed by atoms with Gasteiger partial charge in [-0.3, -0.25) is 4.79 Å². The molecule has 0 saturated carbocycles. The molecule has 0 spiro atoms. The number of rotatable bonds is 4. The molecule has 2 aromatic rings. The molecule has 1 amide bonds. The molecule has 2 aromatic carbocycles. The number of fused-ring (bicyclic) bond motifs is 1. The van der Waals surface area contributed by atoms with Crippen molar-refractivity contribution < 1.29 is 14.3 Å². The van der Waals surface area contributed by atoms with Gasteiger partial charge < -0.3 is 14.4 Å². The predicted molar refractivity (Wildman–Crippen MR) is 94.8 cm³/mol. The minimum Gasteiger partial charge on any atom is -0.484 e. The largest absolute Gasteiger partial charge is 0.484 e. The van der Waals surface area contributed by atoms with E-state index >= 15 is 0 Å². The number of carbonyl (C=O) groups is 1. The smallest absolute Gasteiger partial charge is 0.265 e. The van der Waals surface area contributed by atoms with Crippen LogP contribution in [0.4, 0.5) is 5.69 Å². The summed E-state index contributed by atoms with van der Waals surface area (Å²) in [6.45, 7) is 6.57. The summed E-state index contributed by atoms with van der Waals surface area (Å²) >= 11 is 0. The Labute approximate surface area is 143 Å². The predicted octanol–water partition coefficient (Wildman–Crippen LogP) is 3.83. The fourth-order valence-electron chi connectivity index (χ4n) is 2.86. The second-order valence-corrected chi connectivity index (χ2v) is 6.60. The maximum absolute atomic E-state index is 12.7. The molecule has 1 aliphatic rings. The topological polar surface area (TPSA) is 38.8 Å². The van der Waals surface area contributed by atoms with Crippen molar-refractivity contribution in [1.29, 1.82) is 0 Å². The van der Waals surface area contributed by atoms with Gasteiger partial charge >= 0.3 is 0 Å². The average Bonchev–Trinajstić information content (AvgIpc) is 2.58. The number of amides is 1. The summed E-state index contributed by atoms with van der Waals surface area (Å²) in [5, 5.41) is 0. The molecule has 0 bridgehead atoms. The van der Waals surface area contributed by atoms with E-state index in [0.717, 1.165) is 23.6 Å². The SMILES string of the molecule is CCc1cccc(OCC(=O)N2CC(C)(C)Oc3ccccc32)c1. The Morgan fingerprint density at radius 2 is 2.00 bits per heavy atom. The molecule has 0 aliphatic carbocycles. The van der Waals surface area contributed by atoms with E-state index in [0.29, 0.717) is 6.54 Å². The van der Waals surface area contributed by atoms with Crippen LogP contribution in [0.2, 0.25) is 0 Å². The van der Waals surface area contributed by atoms with Gasteiger partial charge in [0.05, 0.1) is 12.2 Å². The Bertz CT molecular complexity index is 739. The number of benzene rings is 2. The standard InChI is InChI=1S/C20H23NO3/c1-4-15-8-7-9-16(12-15)23-13-19(22)21-14-20(2,3)24-18-11-6-5-10-17(18)21/h5-12H,4,13-14H2,1-3H3. The molecule has 126 valence electrons. The number of hydrogen-bond donors (Lipinski definition) is 0. The molecule has 0 radical (unpaired) electrons. The molecule has 1 heterocycles. The van der Waals surface area contributed by atoms with Crippen molar-refractivity contribution in [2.75, 3.05) is 18.1 Å². The van der Waals surface area contributed by atoms with Crippen LogP contribution in [0.5, 0.6) is 11.5 Å². The normalized spacial score (nSPS) is 15.4. The lowest BCUT2D eigenvalue weighted by atomic mass is 10.1. The van der Waals surface area contributed by atoms with Crippen molar-refractivity contribution in [2.24, 2.45) is 0 Å². The van der Waals surface area contributed by atoms with Crippen molar-refractivity contribution >= 4 is 11.6 Å². The van der Waals surface area contributed by atoms with Crippen molar-refractivity contribution in [3.63, 3.8) is 0 Å². The molecule has 4 heteroatoms. The van der Waals surface area contributed by atoms with Crippen molar-refractivity contribution in [3.05, 3.63) is 54.1 Å². The lowest BCUT2D eigenvalue weighted by molar-refractivity contribution is -0.121. The molecule has 0 unspecified atom stereocenters. The lowest BCUT2D eigenvalue weighted by Gasteiger charge is -2.39. The fourth-order valence-corrected chi connectivity index (χ4v) is 2.86. The second-order valence-electron chi connectivity index (χ2n) is 6.60. The number of anilines is 1. The van der Waals surface area contributed by atoms with Crippen LogP contribution < -0.4 is 14.4 Å². The zero-order chi connectivity index (χ0) is 17.2. The van der Waals surface area contributed by atoms with Gasteiger partial charge in [-0.1, -0.05) is 31.2 Å². The van der Waals surface area contributed by atoms with Crippen LogP contribution in [-0.2, 0) is 11.2 Å². The van der Waals surface area contributed by atoms with Gasteiger partial charge in [0, 0.05) is 0 Å². The molecule has 0 aromatic heterocycles. The van der Waals surface area contributed by atoms with Gasteiger partial charge in [-0.15, -0.1) is 0 Å². The molecule has 1 aliphatic heterocycles. The van der Waals surface area contributed by atoms with Crippen LogP contribution in [-0.4, -0.2) is 24.7 Å². The van der Waals surface area contributed by atoms with Crippen LogP contribution in [0, 0.1) is 0 Å². The summed E-state index contributed by atoms with van der Waals surface area (Å²) in [7, 11) is 0. The Morgan fingerprint density at radius 1 is 1.21 bits per heavy atom. The molecule has 0 atom stereocenters. The summed E-state index contributed by atoms with van der Waals surface area (Å²) in [5.74, 6) is 1.39. The van der Waals surface area contributed by atoms with Gasteiger partial charge in [-0.2, -0.15) is 0 Å². The Balaban J connectivity index is 1.74. The van der Waals surface area contributed by atoms with E-state index in [1.54, 1.807) is 4.90 Å². The zero-order valence-corrected chi connectivity index (χ0v) is 14.4. The zero-order valence-electron chi connectivity index (χ0n) is 14.4. The van der Waals surface area contributed by atoms with Crippen LogP contribution in [0.15, 0.2) is 48.5 Å². The number of ether oxygens (including phenoxy) is 2. The van der Waals surface area contributed by atoms with Crippen molar-refractivity contribution in [2.45, 2.75) is 32.8 Å². The third-order valence-corrected chi connectivity index (χ3v) is 4.05. The lowest BCUT2D eigenvalue weighted by Crippen LogP contribution is -2.50. The first kappa shape index (κ1) is 16.4. The van der Waals surface area contributed by atoms with Crippen molar-refractivity contribution in [3.8, 4) is 11.5 Å². The van der Waals surface area contributed by atoms with Gasteiger partial charge in [0.25, 0.3) is 5.91 Å². The summed E-state index contributed by atoms with van der Waals surface area (Å²) < 4.78 is 11.7. The summed E-state index contributed by atoms with van der Waals surface area (Å²) in [6.07, 6.45) is 0.941. The number of para-hydroxylation sites is 2. The molecule has 3 rings (SSSR count). The summed E-state index contributed by atoms with van der Waals surface area (Å²) in [5.41, 5.74) is 1.57. The maximum atomic E-state index is 12.7. The third kappa shape index (κ3) is 3.53. The fraction of sp³-hybridized carbons (Fsp3) is 0.350. The van der Waals surface area contributed by atoms with Gasteiger partial charge in [0.15, 0.2) is 6.61 Å². The van der Waals surface area contributed by atoms with Crippen LogP contribution in [0.25, 0.3) is 0 Å². The third-order valence-electron chi connectivity index (χ3n) is 4.05. The minimum atomic E-state index is -0.424. The summed E-state index contributed by atoms with van der Waals surface area (Å²) in [4.78, 5) is 14.5. The highest BCUT2D eigenvalue weighted by Gasteiger charge is 2.34. The average molecular weight is 325 g/mol. The Kier molecular flexibility index (Phi) is 4.47. The highest BCUT2D eigenvalue weighted by atomic mass is 16.5. The minimum absolute atomic E-state index is 0.0115. The van der Waals surface area contributed by atoms with Crippen LogP contribution >= 0.6 is 0 Å². The summed E-state index contributed by atoms with van der Waals surface area (Å²) in [6, 6.07) is 15.5. The first-order chi connectivity index (χ1) is 11.5. The van der Waals surface area contributed by atoms with E-state index in [-0.39, 0.29) is 12.5 Å².